The van der Waals surface area contributed by atoms with Gasteiger partial charge >= 0.3 is 0 Å². The van der Waals surface area contributed by atoms with E-state index in [9.17, 15) is 4.79 Å². The maximum Gasteiger partial charge on any atom is 0.234 e. The second-order valence-corrected chi connectivity index (χ2v) is 7.96. The highest BCUT2D eigenvalue weighted by atomic mass is 32.2. The van der Waals surface area contributed by atoms with Gasteiger partial charge in [-0.05, 0) is 24.3 Å². The average molecular weight is 427 g/mol. The summed E-state index contributed by atoms with van der Waals surface area (Å²) in [6.07, 6.45) is 1.81. The Kier molecular flexibility index (Phi) is 7.77. The number of carbonyl (C=O) groups is 1. The summed E-state index contributed by atoms with van der Waals surface area (Å²) in [6.45, 7) is 4.41. The highest BCUT2D eigenvalue weighted by Crippen LogP contribution is 2.25. The Labute approximate surface area is 178 Å². The highest BCUT2D eigenvalue weighted by molar-refractivity contribution is 7.99. The molecular weight excluding hydrogens is 404 g/mol. The van der Waals surface area contributed by atoms with Gasteiger partial charge in [-0.3, -0.25) is 4.79 Å². The number of methoxy groups -OCH3 is 1. The second kappa shape index (κ2) is 10.7. The van der Waals surface area contributed by atoms with Crippen molar-refractivity contribution < 1.29 is 9.53 Å². The van der Waals surface area contributed by atoms with Crippen molar-refractivity contribution in [3.63, 3.8) is 0 Å². The summed E-state index contributed by atoms with van der Waals surface area (Å²) in [6, 6.07) is 17.4. The van der Waals surface area contributed by atoms with Gasteiger partial charge in [-0.2, -0.15) is 0 Å². The van der Waals surface area contributed by atoms with Gasteiger partial charge in [0.1, 0.15) is 11.6 Å². The summed E-state index contributed by atoms with van der Waals surface area (Å²) in [5.41, 5.74) is 0.697. The summed E-state index contributed by atoms with van der Waals surface area (Å²) in [5.74, 6) is 2.37. The number of anilines is 1. The lowest BCUT2D eigenvalue weighted by atomic mass is 10.3. The second-order valence-electron chi connectivity index (χ2n) is 5.97. The molecular formula is C21H22N4O2S2. The van der Waals surface area contributed by atoms with Gasteiger partial charge in [0.25, 0.3) is 0 Å². The molecule has 8 heteroatoms. The summed E-state index contributed by atoms with van der Waals surface area (Å²) in [7, 11) is 1.59. The van der Waals surface area contributed by atoms with Crippen LogP contribution in [0.1, 0.15) is 5.82 Å². The average Bonchev–Trinajstić information content (AvgIpc) is 3.13. The molecule has 150 valence electrons. The third-order valence-corrected chi connectivity index (χ3v) is 5.88. The summed E-state index contributed by atoms with van der Waals surface area (Å²) >= 11 is 3.05. The van der Waals surface area contributed by atoms with Crippen LogP contribution >= 0.6 is 23.5 Å². The highest BCUT2D eigenvalue weighted by Gasteiger charge is 2.14. The van der Waals surface area contributed by atoms with Crippen molar-refractivity contribution in [3.8, 4) is 5.75 Å². The Morgan fingerprint density at radius 2 is 2.00 bits per heavy atom. The maximum atomic E-state index is 12.3. The standard InChI is InChI=1S/C21H22N4O2S2/c1-3-12-25-19(14-28-18-10-5-4-6-11-18)23-24-21(25)29-15-20(26)22-16-8-7-9-17(13-16)27-2/h3-11,13H,1,12,14-15H2,2H3,(H,22,26). The lowest BCUT2D eigenvalue weighted by molar-refractivity contribution is -0.113. The minimum Gasteiger partial charge on any atom is -0.497 e. The number of allylic oxidation sites excluding steroid dienone is 1. The number of aromatic nitrogens is 3. The molecule has 0 saturated carbocycles. The van der Waals surface area contributed by atoms with Crippen molar-refractivity contribution in [2.75, 3.05) is 18.2 Å². The number of rotatable bonds is 10. The molecule has 0 spiro atoms. The normalized spacial score (nSPS) is 10.5. The Bertz CT molecular complexity index is 960. The van der Waals surface area contributed by atoms with E-state index in [-0.39, 0.29) is 11.7 Å². The number of nitrogens with zero attached hydrogens (tertiary/aromatic N) is 3. The zero-order valence-corrected chi connectivity index (χ0v) is 17.7. The predicted molar refractivity (Wildman–Crippen MR) is 119 cm³/mol. The third kappa shape index (κ3) is 6.13. The van der Waals surface area contributed by atoms with Gasteiger partial charge in [0.05, 0.1) is 18.6 Å². The number of amides is 1. The molecule has 0 unspecified atom stereocenters. The molecule has 0 aliphatic carbocycles. The first-order chi connectivity index (χ1) is 14.2. The van der Waals surface area contributed by atoms with Crippen LogP contribution < -0.4 is 10.1 Å². The Balaban J connectivity index is 1.60. The van der Waals surface area contributed by atoms with E-state index < -0.39 is 0 Å². The van der Waals surface area contributed by atoms with Crippen LogP contribution in [0.15, 0.2) is 77.3 Å². The lowest BCUT2D eigenvalue weighted by Gasteiger charge is -2.09. The van der Waals surface area contributed by atoms with Crippen molar-refractivity contribution in [2.45, 2.75) is 22.3 Å². The van der Waals surface area contributed by atoms with E-state index in [1.165, 1.54) is 16.7 Å². The molecule has 1 aromatic heterocycles. The topological polar surface area (TPSA) is 69.0 Å². The summed E-state index contributed by atoms with van der Waals surface area (Å²) in [4.78, 5) is 13.5. The van der Waals surface area contributed by atoms with E-state index in [1.807, 2.05) is 41.0 Å². The monoisotopic (exact) mass is 426 g/mol. The first kappa shape index (κ1) is 21.0. The van der Waals surface area contributed by atoms with Crippen LogP contribution in [0.25, 0.3) is 0 Å². The molecule has 0 aliphatic rings. The molecule has 2 aromatic carbocycles. The fraction of sp³-hybridized carbons (Fsp3) is 0.190. The van der Waals surface area contributed by atoms with Crippen LogP contribution in [0.4, 0.5) is 5.69 Å². The van der Waals surface area contributed by atoms with Crippen LogP contribution in [0.3, 0.4) is 0 Å². The number of hydrogen-bond donors (Lipinski definition) is 1. The molecule has 0 aliphatic heterocycles. The van der Waals surface area contributed by atoms with Crippen LogP contribution in [0, 0.1) is 0 Å². The van der Waals surface area contributed by atoms with Crippen LogP contribution in [0.5, 0.6) is 5.75 Å². The molecule has 1 heterocycles. The van der Waals surface area contributed by atoms with Crippen molar-refractivity contribution in [1.82, 2.24) is 14.8 Å². The fourth-order valence-corrected chi connectivity index (χ4v) is 4.16. The van der Waals surface area contributed by atoms with Gasteiger partial charge in [-0.1, -0.05) is 42.1 Å². The van der Waals surface area contributed by atoms with Gasteiger partial charge in [-0.15, -0.1) is 28.5 Å². The smallest absolute Gasteiger partial charge is 0.234 e. The van der Waals surface area contributed by atoms with Crippen molar-refractivity contribution in [2.24, 2.45) is 0 Å². The zero-order valence-electron chi connectivity index (χ0n) is 16.1. The lowest BCUT2D eigenvalue weighted by Crippen LogP contribution is -2.14. The first-order valence-corrected chi connectivity index (χ1v) is 10.9. The van der Waals surface area contributed by atoms with Gasteiger partial charge in [0.15, 0.2) is 5.16 Å². The van der Waals surface area contributed by atoms with E-state index in [4.69, 9.17) is 4.74 Å². The van der Waals surface area contributed by atoms with Crippen LogP contribution in [-0.4, -0.2) is 33.5 Å². The van der Waals surface area contributed by atoms with Crippen LogP contribution in [0.2, 0.25) is 0 Å². The minimum absolute atomic E-state index is 0.114. The van der Waals surface area contributed by atoms with Gasteiger partial charge in [0, 0.05) is 23.2 Å². The Morgan fingerprint density at radius 1 is 1.17 bits per heavy atom. The minimum atomic E-state index is -0.114. The molecule has 0 bridgehead atoms. The van der Waals surface area contributed by atoms with Gasteiger partial charge in [-0.25, -0.2) is 0 Å². The van der Waals surface area contributed by atoms with E-state index in [0.29, 0.717) is 28.9 Å². The molecule has 0 saturated heterocycles. The molecule has 0 fully saturated rings. The quantitative estimate of drug-likeness (QED) is 0.380. The van der Waals surface area contributed by atoms with Gasteiger partial charge in [0.2, 0.25) is 5.91 Å². The van der Waals surface area contributed by atoms with E-state index in [0.717, 1.165) is 5.82 Å². The van der Waals surface area contributed by atoms with E-state index >= 15 is 0 Å². The predicted octanol–water partition coefficient (Wildman–Crippen LogP) is 4.50. The molecule has 0 atom stereocenters. The van der Waals surface area contributed by atoms with Crippen molar-refractivity contribution >= 4 is 35.1 Å². The number of ether oxygens (including phenoxy) is 1. The summed E-state index contributed by atoms with van der Waals surface area (Å²) < 4.78 is 7.17. The zero-order chi connectivity index (χ0) is 20.5. The van der Waals surface area contributed by atoms with Crippen molar-refractivity contribution in [1.29, 1.82) is 0 Å². The Morgan fingerprint density at radius 3 is 2.76 bits per heavy atom. The number of carbonyl (C=O) groups excluding carboxylic acids is 1. The Hall–Kier alpha value is -2.71. The largest absolute Gasteiger partial charge is 0.497 e. The maximum absolute atomic E-state index is 12.3. The van der Waals surface area contributed by atoms with Crippen molar-refractivity contribution in [3.05, 3.63) is 73.1 Å². The summed E-state index contributed by atoms with van der Waals surface area (Å²) in [5, 5.41) is 12.2. The van der Waals surface area contributed by atoms with E-state index in [2.05, 4.69) is 34.2 Å². The molecule has 0 radical (unpaired) electrons. The number of thioether (sulfide) groups is 2. The molecule has 29 heavy (non-hydrogen) atoms. The number of nitrogens with one attached hydrogen (secondary N) is 1. The van der Waals surface area contributed by atoms with Gasteiger partial charge < -0.3 is 14.6 Å². The molecule has 1 amide bonds. The van der Waals surface area contributed by atoms with E-state index in [1.54, 1.807) is 31.0 Å². The van der Waals surface area contributed by atoms with Crippen LogP contribution in [-0.2, 0) is 17.1 Å². The SMILES string of the molecule is C=CCn1c(CSc2ccccc2)nnc1SCC(=O)Nc1cccc(OC)c1. The fourth-order valence-electron chi connectivity index (χ4n) is 2.54. The number of hydrogen-bond acceptors (Lipinski definition) is 6. The number of benzene rings is 2. The molecule has 1 N–H and O–H groups in total. The molecule has 3 rings (SSSR count). The molecule has 6 nitrogen and oxygen atoms in total. The third-order valence-electron chi connectivity index (χ3n) is 3.90. The molecule has 3 aromatic rings. The first-order valence-electron chi connectivity index (χ1n) is 8.97.